The van der Waals surface area contributed by atoms with Crippen molar-refractivity contribution in [1.82, 2.24) is 0 Å². The van der Waals surface area contributed by atoms with Crippen LogP contribution in [0.5, 0.6) is 0 Å². The van der Waals surface area contributed by atoms with Crippen molar-refractivity contribution >= 4 is 17.9 Å². The molecule has 0 rings (SSSR count). The summed E-state index contributed by atoms with van der Waals surface area (Å²) in [5, 5.41) is 11.6. The van der Waals surface area contributed by atoms with E-state index >= 15 is 0 Å². The molecule has 0 fully saturated rings. The number of aliphatic carboxylic acids is 1. The molecule has 0 amide bonds. The first kappa shape index (κ1) is 55.5. The zero-order chi connectivity index (χ0) is 42.8. The SMILES string of the molecule is CC/C=C/C/C=C/C/C=C/CCCCCCCCC(=O)OC(COCCC(C(=O)[O-])[N+](C)(C)C)COC(=O)CCCCCCCCCCCCCCCCCCCC. The molecule has 0 aromatic carbocycles. The highest BCUT2D eigenvalue weighted by atomic mass is 16.6. The van der Waals surface area contributed by atoms with Crippen molar-refractivity contribution in [3.05, 3.63) is 36.5 Å². The zero-order valence-corrected chi connectivity index (χ0v) is 38.5. The number of allylic oxidation sites excluding steroid dienone is 6. The lowest BCUT2D eigenvalue weighted by Crippen LogP contribution is -2.55. The molecule has 0 bridgehead atoms. The maximum Gasteiger partial charge on any atom is 0.306 e. The Morgan fingerprint density at radius 3 is 1.43 bits per heavy atom. The van der Waals surface area contributed by atoms with Crippen LogP contribution in [-0.2, 0) is 28.6 Å². The number of carbonyl (C=O) groups is 3. The molecular weight excluding hydrogens is 727 g/mol. The molecule has 0 saturated carbocycles. The molecule has 0 N–H and O–H groups in total. The van der Waals surface area contributed by atoms with E-state index in [4.69, 9.17) is 14.2 Å². The number of carbonyl (C=O) groups excluding carboxylic acids is 3. The van der Waals surface area contributed by atoms with Gasteiger partial charge in [-0.1, -0.05) is 185 Å². The second kappa shape index (κ2) is 41.3. The summed E-state index contributed by atoms with van der Waals surface area (Å²) in [4.78, 5) is 36.9. The van der Waals surface area contributed by atoms with Gasteiger partial charge in [0.05, 0.1) is 40.3 Å². The van der Waals surface area contributed by atoms with E-state index in [0.29, 0.717) is 12.8 Å². The van der Waals surface area contributed by atoms with Gasteiger partial charge in [-0.2, -0.15) is 0 Å². The molecule has 0 aromatic rings. The van der Waals surface area contributed by atoms with Gasteiger partial charge in [-0.05, 0) is 44.9 Å². The Morgan fingerprint density at radius 1 is 0.534 bits per heavy atom. The summed E-state index contributed by atoms with van der Waals surface area (Å²) in [7, 11) is 5.41. The summed E-state index contributed by atoms with van der Waals surface area (Å²) in [6, 6.07) is -0.727. The summed E-state index contributed by atoms with van der Waals surface area (Å²) < 4.78 is 17.2. The first-order valence-corrected chi connectivity index (χ1v) is 24.0. The predicted octanol–water partition coefficient (Wildman–Crippen LogP) is 12.1. The van der Waals surface area contributed by atoms with E-state index in [1.165, 1.54) is 109 Å². The van der Waals surface area contributed by atoms with E-state index in [0.717, 1.165) is 70.6 Å². The van der Waals surface area contributed by atoms with Crippen LogP contribution in [0.4, 0.5) is 0 Å². The number of quaternary nitrogens is 1. The van der Waals surface area contributed by atoms with Gasteiger partial charge in [0.25, 0.3) is 0 Å². The monoisotopic (exact) mass is 818 g/mol. The molecule has 0 heterocycles. The third-order valence-electron chi connectivity index (χ3n) is 10.8. The molecule has 0 aliphatic rings. The van der Waals surface area contributed by atoms with Crippen molar-refractivity contribution in [2.24, 2.45) is 0 Å². The molecule has 8 nitrogen and oxygen atoms in total. The maximum atomic E-state index is 12.7. The summed E-state index contributed by atoms with van der Waals surface area (Å²) in [6.07, 6.45) is 47.4. The van der Waals surface area contributed by atoms with Gasteiger partial charge in [-0.3, -0.25) is 9.59 Å². The highest BCUT2D eigenvalue weighted by Crippen LogP contribution is 2.16. The molecule has 0 aliphatic carbocycles. The van der Waals surface area contributed by atoms with Crippen molar-refractivity contribution in [3.63, 3.8) is 0 Å². The predicted molar refractivity (Wildman–Crippen MR) is 240 cm³/mol. The smallest absolute Gasteiger partial charge is 0.306 e. The Kier molecular flexibility index (Phi) is 39.5. The zero-order valence-electron chi connectivity index (χ0n) is 38.5. The first-order chi connectivity index (χ1) is 28.1. The number of hydrogen-bond acceptors (Lipinski definition) is 7. The van der Waals surface area contributed by atoms with Crippen LogP contribution in [0, 0.1) is 0 Å². The number of likely N-dealkylation sites (N-methyl/N-ethyl adjacent to an activating group) is 1. The lowest BCUT2D eigenvalue weighted by molar-refractivity contribution is -0.889. The lowest BCUT2D eigenvalue weighted by Gasteiger charge is -2.34. The minimum absolute atomic E-state index is 0.0379. The van der Waals surface area contributed by atoms with Crippen molar-refractivity contribution in [2.75, 3.05) is 41.0 Å². The lowest BCUT2D eigenvalue weighted by atomic mass is 10.0. The molecule has 0 radical (unpaired) electrons. The van der Waals surface area contributed by atoms with Crippen LogP contribution in [-0.4, -0.2) is 75.5 Å². The average Bonchev–Trinajstić information content (AvgIpc) is 3.18. The fourth-order valence-electron chi connectivity index (χ4n) is 7.09. The van der Waals surface area contributed by atoms with Crippen molar-refractivity contribution in [1.29, 1.82) is 0 Å². The minimum atomic E-state index is -1.13. The normalized spacial score (nSPS) is 13.2. The van der Waals surface area contributed by atoms with Crippen molar-refractivity contribution in [3.8, 4) is 0 Å². The van der Waals surface area contributed by atoms with Gasteiger partial charge in [0, 0.05) is 19.3 Å². The summed E-state index contributed by atoms with van der Waals surface area (Å²) >= 11 is 0. The second-order valence-electron chi connectivity index (χ2n) is 17.3. The largest absolute Gasteiger partial charge is 0.544 e. The van der Waals surface area contributed by atoms with Gasteiger partial charge in [0.1, 0.15) is 12.6 Å². The molecule has 0 saturated heterocycles. The van der Waals surface area contributed by atoms with Crippen LogP contribution < -0.4 is 5.11 Å². The highest BCUT2D eigenvalue weighted by Gasteiger charge is 2.25. The number of carboxylic acids is 1. The highest BCUT2D eigenvalue weighted by molar-refractivity contribution is 5.70. The molecule has 2 unspecified atom stereocenters. The quantitative estimate of drug-likeness (QED) is 0.0261. The van der Waals surface area contributed by atoms with Gasteiger partial charge >= 0.3 is 11.9 Å². The van der Waals surface area contributed by atoms with Gasteiger partial charge in [0.2, 0.25) is 0 Å². The third kappa shape index (κ3) is 39.0. The maximum absolute atomic E-state index is 12.7. The number of rotatable bonds is 43. The summed E-state index contributed by atoms with van der Waals surface area (Å²) in [5.41, 5.74) is 0. The van der Waals surface area contributed by atoms with Gasteiger partial charge in [0.15, 0.2) is 6.10 Å². The number of ether oxygens (including phenoxy) is 3. The molecule has 338 valence electrons. The molecular formula is C50H91NO7. The van der Waals surface area contributed by atoms with E-state index in [1.807, 2.05) is 0 Å². The number of esters is 2. The van der Waals surface area contributed by atoms with Crippen LogP contribution in [0.15, 0.2) is 36.5 Å². The van der Waals surface area contributed by atoms with E-state index in [1.54, 1.807) is 21.1 Å². The van der Waals surface area contributed by atoms with E-state index in [9.17, 15) is 19.5 Å². The van der Waals surface area contributed by atoms with Gasteiger partial charge < -0.3 is 28.6 Å². The first-order valence-electron chi connectivity index (χ1n) is 24.0. The fourth-order valence-corrected chi connectivity index (χ4v) is 7.09. The second-order valence-corrected chi connectivity index (χ2v) is 17.3. The molecule has 8 heteroatoms. The summed E-state index contributed by atoms with van der Waals surface area (Å²) in [6.45, 7) is 4.56. The molecule has 58 heavy (non-hydrogen) atoms. The van der Waals surface area contributed by atoms with Crippen LogP contribution in [0.1, 0.15) is 213 Å². The molecule has 0 aromatic heterocycles. The molecule has 0 aliphatic heterocycles. The Balaban J connectivity index is 4.28. The van der Waals surface area contributed by atoms with Gasteiger partial charge in [-0.15, -0.1) is 0 Å². The van der Waals surface area contributed by atoms with E-state index in [2.05, 4.69) is 50.3 Å². The van der Waals surface area contributed by atoms with E-state index < -0.39 is 18.1 Å². The Hall–Kier alpha value is -2.45. The van der Waals surface area contributed by atoms with Crippen LogP contribution in [0.3, 0.4) is 0 Å². The van der Waals surface area contributed by atoms with E-state index in [-0.39, 0.29) is 42.7 Å². The standard InChI is InChI=1S/C50H91NO7/c1-6-8-10-12-14-16-18-20-22-24-25-27-28-30-32-34-36-38-40-48(52)57-45-46(44-56-43-42-47(50(54)55)51(3,4)5)58-49(53)41-39-37-35-33-31-29-26-23-21-19-17-15-13-11-9-7-2/h9,11,15,17,21,23,46-47H,6-8,10,12-14,16,18-20,22,24-45H2,1-5H3/b11-9+,17-15+,23-21+. The Bertz CT molecular complexity index is 1050. The number of unbranched alkanes of at least 4 members (excludes halogenated alkanes) is 23. The fraction of sp³-hybridized carbons (Fsp3) is 0.820. The van der Waals surface area contributed by atoms with Crippen LogP contribution in [0.2, 0.25) is 0 Å². The minimum Gasteiger partial charge on any atom is -0.544 e. The summed E-state index contributed by atoms with van der Waals surface area (Å²) in [5.74, 6) is -1.74. The molecule has 2 atom stereocenters. The number of nitrogens with zero attached hydrogens (tertiary/aromatic N) is 1. The van der Waals surface area contributed by atoms with Crippen molar-refractivity contribution < 1.29 is 38.2 Å². The number of hydrogen-bond donors (Lipinski definition) is 0. The van der Waals surface area contributed by atoms with Crippen LogP contribution >= 0.6 is 0 Å². The topological polar surface area (TPSA) is 102 Å². The number of carboxylic acid groups (broad SMARTS) is 1. The van der Waals surface area contributed by atoms with Crippen LogP contribution in [0.25, 0.3) is 0 Å². The Labute approximate surface area is 357 Å². The Morgan fingerprint density at radius 2 is 0.966 bits per heavy atom. The van der Waals surface area contributed by atoms with Crippen molar-refractivity contribution in [2.45, 2.75) is 225 Å². The van der Waals surface area contributed by atoms with Gasteiger partial charge in [-0.25, -0.2) is 0 Å². The third-order valence-corrected chi connectivity index (χ3v) is 10.8. The average molecular weight is 818 g/mol. The molecule has 0 spiro atoms.